The largest absolute Gasteiger partial charge is 0.489 e. The minimum absolute atomic E-state index is 0.101. The standard InChI is InChI=1S/C25H28F3NO3/c26-25(27,28)21-8-9-22(23(10-21)31-14-18-6-7-18)32-24-19-12-29(13-20(24)16-30-15-19)11-17-4-2-1-3-5-17/h1-5,8-10,18-20,24H,6-7,11-16H2/t19-,20+,24?. The molecule has 2 aromatic carbocycles. The van der Waals surface area contributed by atoms with Gasteiger partial charge in [0.05, 0.1) is 25.4 Å². The Balaban J connectivity index is 1.31. The maximum Gasteiger partial charge on any atom is 0.416 e. The maximum absolute atomic E-state index is 13.3. The van der Waals surface area contributed by atoms with Gasteiger partial charge in [0.1, 0.15) is 6.10 Å². The molecule has 2 heterocycles. The van der Waals surface area contributed by atoms with Crippen molar-refractivity contribution in [2.24, 2.45) is 17.8 Å². The number of halogens is 3. The lowest BCUT2D eigenvalue weighted by atomic mass is 9.84. The summed E-state index contributed by atoms with van der Waals surface area (Å²) in [7, 11) is 0. The molecule has 1 unspecified atom stereocenters. The summed E-state index contributed by atoms with van der Waals surface area (Å²) in [6, 6.07) is 13.9. The number of likely N-dealkylation sites (tertiary alicyclic amines) is 1. The number of piperidine rings is 1. The van der Waals surface area contributed by atoms with Crippen molar-refractivity contribution < 1.29 is 27.4 Å². The van der Waals surface area contributed by atoms with Crippen LogP contribution in [0.25, 0.3) is 0 Å². The molecule has 3 aliphatic rings. The molecule has 4 nitrogen and oxygen atoms in total. The lowest BCUT2D eigenvalue weighted by Crippen LogP contribution is -2.57. The van der Waals surface area contributed by atoms with Gasteiger partial charge in [-0.2, -0.15) is 13.2 Å². The molecule has 7 heteroatoms. The Morgan fingerprint density at radius 1 is 0.938 bits per heavy atom. The van der Waals surface area contributed by atoms with Gasteiger partial charge in [-0.1, -0.05) is 30.3 Å². The number of ether oxygens (including phenoxy) is 3. The number of nitrogens with zero attached hydrogens (tertiary/aromatic N) is 1. The van der Waals surface area contributed by atoms with E-state index in [0.717, 1.165) is 44.6 Å². The van der Waals surface area contributed by atoms with Crippen molar-refractivity contribution in [2.75, 3.05) is 32.9 Å². The van der Waals surface area contributed by atoms with Crippen molar-refractivity contribution in [2.45, 2.75) is 31.7 Å². The first-order chi connectivity index (χ1) is 15.5. The highest BCUT2D eigenvalue weighted by molar-refractivity contribution is 5.44. The lowest BCUT2D eigenvalue weighted by molar-refractivity contribution is -0.137. The summed E-state index contributed by atoms with van der Waals surface area (Å²) >= 11 is 0. The smallest absolute Gasteiger partial charge is 0.416 e. The van der Waals surface area contributed by atoms with Crippen LogP contribution in [-0.4, -0.2) is 43.9 Å². The Hall–Kier alpha value is -2.25. The monoisotopic (exact) mass is 447 g/mol. The number of alkyl halides is 3. The fourth-order valence-corrected chi connectivity index (χ4v) is 4.69. The van der Waals surface area contributed by atoms with Gasteiger partial charge in [-0.15, -0.1) is 0 Å². The summed E-state index contributed by atoms with van der Waals surface area (Å²) in [4.78, 5) is 2.42. The van der Waals surface area contributed by atoms with E-state index in [-0.39, 0.29) is 23.7 Å². The quantitative estimate of drug-likeness (QED) is 0.597. The second-order valence-corrected chi connectivity index (χ2v) is 9.23. The Morgan fingerprint density at radius 2 is 1.66 bits per heavy atom. The average Bonchev–Trinajstić information content (AvgIpc) is 3.58. The predicted octanol–water partition coefficient (Wildman–Crippen LogP) is 5.02. The van der Waals surface area contributed by atoms with Crippen LogP contribution >= 0.6 is 0 Å². The molecule has 172 valence electrons. The molecule has 3 fully saturated rings. The zero-order valence-electron chi connectivity index (χ0n) is 17.9. The second-order valence-electron chi connectivity index (χ2n) is 9.23. The van der Waals surface area contributed by atoms with E-state index in [0.29, 0.717) is 31.5 Å². The van der Waals surface area contributed by atoms with Gasteiger partial charge in [0.2, 0.25) is 0 Å². The van der Waals surface area contributed by atoms with E-state index in [4.69, 9.17) is 14.2 Å². The summed E-state index contributed by atoms with van der Waals surface area (Å²) in [6.45, 7) is 4.14. The molecule has 32 heavy (non-hydrogen) atoms. The fraction of sp³-hybridized carbons (Fsp3) is 0.520. The molecule has 0 amide bonds. The summed E-state index contributed by atoms with van der Waals surface area (Å²) in [5.74, 6) is 1.34. The van der Waals surface area contributed by atoms with E-state index < -0.39 is 11.7 Å². The fourth-order valence-electron chi connectivity index (χ4n) is 4.69. The van der Waals surface area contributed by atoms with Crippen LogP contribution in [0.3, 0.4) is 0 Å². The van der Waals surface area contributed by atoms with E-state index in [1.54, 1.807) is 0 Å². The number of rotatable bonds is 7. The predicted molar refractivity (Wildman–Crippen MR) is 114 cm³/mol. The first-order valence-electron chi connectivity index (χ1n) is 11.3. The average molecular weight is 447 g/mol. The molecule has 2 aliphatic heterocycles. The Labute approximate surface area is 186 Å². The first-order valence-corrected chi connectivity index (χ1v) is 11.3. The van der Waals surface area contributed by atoms with Gasteiger partial charge < -0.3 is 14.2 Å². The van der Waals surface area contributed by atoms with Crippen LogP contribution in [0.15, 0.2) is 48.5 Å². The third kappa shape index (κ3) is 5.04. The highest BCUT2D eigenvalue weighted by Crippen LogP contribution is 2.40. The van der Waals surface area contributed by atoms with Crippen molar-refractivity contribution in [1.82, 2.24) is 4.90 Å². The Bertz CT molecular complexity index is 902. The summed E-state index contributed by atoms with van der Waals surface area (Å²) in [5, 5.41) is 0. The van der Waals surface area contributed by atoms with Crippen molar-refractivity contribution >= 4 is 0 Å². The Morgan fingerprint density at radius 3 is 2.31 bits per heavy atom. The van der Waals surface area contributed by atoms with E-state index >= 15 is 0 Å². The molecule has 3 atom stereocenters. The number of hydrogen-bond donors (Lipinski definition) is 0. The van der Waals surface area contributed by atoms with Gasteiger partial charge in [0.15, 0.2) is 11.5 Å². The third-order valence-electron chi connectivity index (χ3n) is 6.53. The molecular formula is C25H28F3NO3. The molecule has 1 aliphatic carbocycles. The van der Waals surface area contributed by atoms with Crippen LogP contribution in [0.1, 0.15) is 24.0 Å². The highest BCUT2D eigenvalue weighted by Gasteiger charge is 2.42. The van der Waals surface area contributed by atoms with Crippen molar-refractivity contribution in [3.63, 3.8) is 0 Å². The van der Waals surface area contributed by atoms with Crippen LogP contribution < -0.4 is 9.47 Å². The normalized spacial score (nSPS) is 26.0. The lowest BCUT2D eigenvalue weighted by Gasteiger charge is -2.46. The van der Waals surface area contributed by atoms with Crippen LogP contribution in [0.2, 0.25) is 0 Å². The molecule has 0 radical (unpaired) electrons. The van der Waals surface area contributed by atoms with Gasteiger partial charge in [0, 0.05) is 31.5 Å². The third-order valence-corrected chi connectivity index (χ3v) is 6.53. The van der Waals surface area contributed by atoms with E-state index in [9.17, 15) is 13.2 Å². The topological polar surface area (TPSA) is 30.9 Å². The van der Waals surface area contributed by atoms with Gasteiger partial charge >= 0.3 is 6.18 Å². The molecule has 0 N–H and O–H groups in total. The molecule has 5 rings (SSSR count). The number of hydrogen-bond acceptors (Lipinski definition) is 4. The van der Waals surface area contributed by atoms with Crippen LogP contribution in [0.5, 0.6) is 11.5 Å². The van der Waals surface area contributed by atoms with Gasteiger partial charge in [0.25, 0.3) is 0 Å². The molecule has 2 saturated heterocycles. The minimum Gasteiger partial charge on any atom is -0.489 e. The molecular weight excluding hydrogens is 419 g/mol. The Kier molecular flexibility index (Phi) is 6.03. The van der Waals surface area contributed by atoms with E-state index in [1.165, 1.54) is 11.6 Å². The SMILES string of the molecule is FC(F)(F)c1ccc(OC2[C@@H]3COC[C@H]2CN(Cc2ccccc2)C3)c(OCC2CC2)c1. The molecule has 2 aromatic rings. The van der Waals surface area contributed by atoms with Crippen molar-refractivity contribution in [1.29, 1.82) is 0 Å². The van der Waals surface area contributed by atoms with Crippen LogP contribution in [0, 0.1) is 17.8 Å². The summed E-state index contributed by atoms with van der Waals surface area (Å²) < 4.78 is 57.7. The molecule has 2 bridgehead atoms. The van der Waals surface area contributed by atoms with Crippen LogP contribution in [-0.2, 0) is 17.5 Å². The number of fused-ring (bicyclic) bond motifs is 2. The second kappa shape index (κ2) is 8.94. The zero-order valence-corrected chi connectivity index (χ0v) is 17.9. The summed E-state index contributed by atoms with van der Waals surface area (Å²) in [6.07, 6.45) is -2.38. The van der Waals surface area contributed by atoms with Gasteiger partial charge in [-0.3, -0.25) is 4.90 Å². The van der Waals surface area contributed by atoms with Gasteiger partial charge in [-0.25, -0.2) is 0 Å². The maximum atomic E-state index is 13.3. The van der Waals surface area contributed by atoms with Gasteiger partial charge in [-0.05, 0) is 42.5 Å². The van der Waals surface area contributed by atoms with E-state index in [1.807, 2.05) is 18.2 Å². The first kappa shape index (κ1) is 21.6. The summed E-state index contributed by atoms with van der Waals surface area (Å²) in [5.41, 5.74) is 0.557. The van der Waals surface area contributed by atoms with Crippen LogP contribution in [0.4, 0.5) is 13.2 Å². The molecule has 1 saturated carbocycles. The van der Waals surface area contributed by atoms with Crippen molar-refractivity contribution in [3.05, 3.63) is 59.7 Å². The van der Waals surface area contributed by atoms with Crippen molar-refractivity contribution in [3.8, 4) is 11.5 Å². The molecule has 0 spiro atoms. The van der Waals surface area contributed by atoms with E-state index in [2.05, 4.69) is 17.0 Å². The zero-order chi connectivity index (χ0) is 22.1. The highest BCUT2D eigenvalue weighted by atomic mass is 19.4. The number of benzene rings is 2. The minimum atomic E-state index is -4.41. The molecule has 0 aromatic heterocycles.